The van der Waals surface area contributed by atoms with E-state index in [-0.39, 0.29) is 12.3 Å². The predicted octanol–water partition coefficient (Wildman–Crippen LogP) is 1.92. The summed E-state index contributed by atoms with van der Waals surface area (Å²) in [7, 11) is -1.99. The molecule has 0 atom stereocenters. The van der Waals surface area contributed by atoms with E-state index in [4.69, 9.17) is 5.26 Å². The fraction of sp³-hybridized carbons (Fsp3) is 0.200. The third-order valence-electron chi connectivity index (χ3n) is 3.06. The van der Waals surface area contributed by atoms with Crippen LogP contribution in [-0.4, -0.2) is 24.8 Å². The Morgan fingerprint density at radius 3 is 2.57 bits per heavy atom. The molecule has 0 spiro atoms. The van der Waals surface area contributed by atoms with Crippen molar-refractivity contribution in [2.24, 2.45) is 0 Å². The molecule has 2 rings (SSSR count). The Morgan fingerprint density at radius 2 is 1.90 bits per heavy atom. The second-order valence-corrected chi connectivity index (χ2v) is 6.68. The highest BCUT2D eigenvalue weighted by atomic mass is 32.2. The second kappa shape index (κ2) is 6.48. The molecular formula is C15H15N3O2S. The summed E-state index contributed by atoms with van der Waals surface area (Å²) in [5.41, 5.74) is 1.57. The molecule has 21 heavy (non-hydrogen) atoms. The molecule has 0 unspecified atom stereocenters. The highest BCUT2D eigenvalue weighted by molar-refractivity contribution is 7.88. The average molecular weight is 301 g/mol. The van der Waals surface area contributed by atoms with E-state index in [1.807, 2.05) is 12.1 Å². The molecule has 1 aromatic heterocycles. The Morgan fingerprint density at radius 1 is 1.19 bits per heavy atom. The molecular weight excluding hydrogens is 286 g/mol. The Bertz CT molecular complexity index is 752. The lowest BCUT2D eigenvalue weighted by Gasteiger charge is -2.17. The van der Waals surface area contributed by atoms with Gasteiger partial charge in [-0.15, -0.1) is 0 Å². The Balaban J connectivity index is 2.17. The van der Waals surface area contributed by atoms with Crippen molar-refractivity contribution in [2.75, 3.05) is 7.05 Å². The van der Waals surface area contributed by atoms with Crippen molar-refractivity contribution >= 4 is 10.0 Å². The minimum atomic E-state index is -3.50. The van der Waals surface area contributed by atoms with E-state index >= 15 is 0 Å². The summed E-state index contributed by atoms with van der Waals surface area (Å²) in [4.78, 5) is 4.11. The Hall–Kier alpha value is -2.23. The van der Waals surface area contributed by atoms with Crippen LogP contribution in [0.3, 0.4) is 0 Å². The zero-order chi connectivity index (χ0) is 15.3. The van der Waals surface area contributed by atoms with Crippen LogP contribution in [-0.2, 0) is 22.3 Å². The first-order chi connectivity index (χ1) is 10.0. The number of hydrogen-bond acceptors (Lipinski definition) is 4. The van der Waals surface area contributed by atoms with Crippen molar-refractivity contribution in [3.63, 3.8) is 0 Å². The number of aromatic nitrogens is 1. The van der Waals surface area contributed by atoms with Gasteiger partial charge in [-0.2, -0.15) is 9.57 Å². The first-order valence-corrected chi connectivity index (χ1v) is 7.96. The lowest BCUT2D eigenvalue weighted by molar-refractivity contribution is 0.461. The fourth-order valence-corrected chi connectivity index (χ4v) is 3.07. The van der Waals surface area contributed by atoms with Gasteiger partial charge in [0.25, 0.3) is 0 Å². The van der Waals surface area contributed by atoms with Gasteiger partial charge in [0.15, 0.2) is 0 Å². The van der Waals surface area contributed by atoms with Crippen molar-refractivity contribution in [3.05, 3.63) is 65.5 Å². The average Bonchev–Trinajstić information content (AvgIpc) is 2.48. The maximum atomic E-state index is 12.4. The first-order valence-electron chi connectivity index (χ1n) is 6.35. The molecule has 1 aromatic carbocycles. The third-order valence-corrected chi connectivity index (χ3v) is 4.82. The van der Waals surface area contributed by atoms with Gasteiger partial charge >= 0.3 is 0 Å². The van der Waals surface area contributed by atoms with Gasteiger partial charge in [-0.3, -0.25) is 4.98 Å². The molecule has 0 saturated carbocycles. The summed E-state index contributed by atoms with van der Waals surface area (Å²) in [6.07, 6.45) is 1.63. The zero-order valence-electron chi connectivity index (χ0n) is 11.6. The van der Waals surface area contributed by atoms with Crippen LogP contribution in [0.15, 0.2) is 48.7 Å². The fourth-order valence-electron chi connectivity index (χ4n) is 1.88. The van der Waals surface area contributed by atoms with E-state index in [0.29, 0.717) is 16.8 Å². The van der Waals surface area contributed by atoms with Crippen LogP contribution < -0.4 is 0 Å². The minimum Gasteiger partial charge on any atom is -0.260 e. The summed E-state index contributed by atoms with van der Waals surface area (Å²) < 4.78 is 26.0. The van der Waals surface area contributed by atoms with Crippen LogP contribution in [0.2, 0.25) is 0 Å². The van der Waals surface area contributed by atoms with Crippen molar-refractivity contribution < 1.29 is 8.42 Å². The van der Waals surface area contributed by atoms with Gasteiger partial charge in [0.05, 0.1) is 29.6 Å². The minimum absolute atomic E-state index is 0.194. The molecule has 0 saturated heterocycles. The quantitative estimate of drug-likeness (QED) is 0.845. The predicted molar refractivity (Wildman–Crippen MR) is 79.5 cm³/mol. The van der Waals surface area contributed by atoms with Crippen LogP contribution in [0.4, 0.5) is 0 Å². The molecule has 0 aliphatic heterocycles. The smallest absolute Gasteiger partial charge is 0.218 e. The SMILES string of the molecule is CN(Cc1ccccn1)S(=O)(=O)Cc1ccccc1C#N. The van der Waals surface area contributed by atoms with Crippen LogP contribution in [0.5, 0.6) is 0 Å². The van der Waals surface area contributed by atoms with E-state index < -0.39 is 10.0 Å². The number of benzene rings is 1. The molecule has 0 aliphatic carbocycles. The monoisotopic (exact) mass is 301 g/mol. The van der Waals surface area contributed by atoms with Gasteiger partial charge < -0.3 is 0 Å². The summed E-state index contributed by atoms with van der Waals surface area (Å²) in [6, 6.07) is 14.1. The summed E-state index contributed by atoms with van der Waals surface area (Å²) >= 11 is 0. The summed E-state index contributed by atoms with van der Waals surface area (Å²) in [5.74, 6) is -0.194. The van der Waals surface area contributed by atoms with Crippen LogP contribution >= 0.6 is 0 Å². The van der Waals surface area contributed by atoms with E-state index in [1.54, 1.807) is 42.6 Å². The molecule has 0 bridgehead atoms. The molecule has 2 aromatic rings. The van der Waals surface area contributed by atoms with E-state index in [1.165, 1.54) is 11.4 Å². The highest BCUT2D eigenvalue weighted by Crippen LogP contribution is 2.15. The summed E-state index contributed by atoms with van der Waals surface area (Å²) in [5, 5.41) is 9.02. The van der Waals surface area contributed by atoms with E-state index in [9.17, 15) is 8.42 Å². The van der Waals surface area contributed by atoms with Gasteiger partial charge in [0.2, 0.25) is 10.0 Å². The molecule has 1 heterocycles. The van der Waals surface area contributed by atoms with Crippen molar-refractivity contribution in [1.29, 1.82) is 5.26 Å². The van der Waals surface area contributed by atoms with Gasteiger partial charge in [-0.25, -0.2) is 8.42 Å². The number of pyridine rings is 1. The molecule has 6 heteroatoms. The molecule has 0 fully saturated rings. The van der Waals surface area contributed by atoms with E-state index in [2.05, 4.69) is 4.98 Å². The molecule has 108 valence electrons. The number of nitrogens with zero attached hydrogens (tertiary/aromatic N) is 3. The van der Waals surface area contributed by atoms with Crippen LogP contribution in [0, 0.1) is 11.3 Å². The topological polar surface area (TPSA) is 74.1 Å². The maximum absolute atomic E-state index is 12.4. The Kier molecular flexibility index (Phi) is 4.68. The normalized spacial score (nSPS) is 11.3. The van der Waals surface area contributed by atoms with Gasteiger partial charge in [0, 0.05) is 13.2 Å². The van der Waals surface area contributed by atoms with Crippen LogP contribution in [0.25, 0.3) is 0 Å². The molecule has 0 amide bonds. The largest absolute Gasteiger partial charge is 0.260 e. The number of sulfonamides is 1. The van der Waals surface area contributed by atoms with Gasteiger partial charge in [-0.05, 0) is 23.8 Å². The highest BCUT2D eigenvalue weighted by Gasteiger charge is 2.20. The summed E-state index contributed by atoms with van der Waals surface area (Å²) in [6.45, 7) is 0.206. The number of hydrogen-bond donors (Lipinski definition) is 0. The third kappa shape index (κ3) is 3.88. The van der Waals surface area contributed by atoms with Gasteiger partial charge in [0.1, 0.15) is 0 Å². The standard InChI is InChI=1S/C15H15N3O2S/c1-18(11-15-8-4-5-9-17-15)21(19,20)12-14-7-3-2-6-13(14)10-16/h2-9H,11-12H2,1H3. The van der Waals surface area contributed by atoms with Gasteiger partial charge in [-0.1, -0.05) is 24.3 Å². The zero-order valence-corrected chi connectivity index (χ0v) is 12.4. The molecule has 0 radical (unpaired) electrons. The lowest BCUT2D eigenvalue weighted by Crippen LogP contribution is -2.28. The second-order valence-electron chi connectivity index (χ2n) is 4.60. The van der Waals surface area contributed by atoms with Crippen molar-refractivity contribution in [2.45, 2.75) is 12.3 Å². The van der Waals surface area contributed by atoms with E-state index in [0.717, 1.165) is 0 Å². The molecule has 0 N–H and O–H groups in total. The van der Waals surface area contributed by atoms with Crippen molar-refractivity contribution in [3.8, 4) is 6.07 Å². The maximum Gasteiger partial charge on any atom is 0.218 e. The number of rotatable bonds is 5. The van der Waals surface area contributed by atoms with Crippen LogP contribution in [0.1, 0.15) is 16.8 Å². The van der Waals surface area contributed by atoms with Crippen molar-refractivity contribution in [1.82, 2.24) is 9.29 Å². The lowest BCUT2D eigenvalue weighted by atomic mass is 10.1. The number of nitriles is 1. The first kappa shape index (κ1) is 15.2. The molecule has 5 nitrogen and oxygen atoms in total. The molecule has 0 aliphatic rings. The Labute approximate surface area is 124 Å².